The summed E-state index contributed by atoms with van der Waals surface area (Å²) in [6.45, 7) is 5.60. The first-order valence-electron chi connectivity index (χ1n) is 7.62. The van der Waals surface area contributed by atoms with E-state index in [1.807, 2.05) is 6.92 Å². The van der Waals surface area contributed by atoms with Crippen LogP contribution in [0.2, 0.25) is 0 Å². The number of esters is 1. The fraction of sp³-hybridized carbons (Fsp3) is 0.733. The van der Waals surface area contributed by atoms with Crippen molar-refractivity contribution in [3.05, 3.63) is 0 Å². The molecule has 23 heavy (non-hydrogen) atoms. The number of likely N-dealkylation sites (tertiary alicyclic amines) is 1. The minimum absolute atomic E-state index is 0.123. The molecule has 0 unspecified atom stereocenters. The summed E-state index contributed by atoms with van der Waals surface area (Å²) in [5.41, 5.74) is -1.28. The molecule has 0 aromatic heterocycles. The van der Waals surface area contributed by atoms with E-state index >= 15 is 0 Å². The van der Waals surface area contributed by atoms with Crippen molar-refractivity contribution in [1.29, 1.82) is 0 Å². The largest absolute Gasteiger partial charge is 0.468 e. The van der Waals surface area contributed by atoms with Gasteiger partial charge in [-0.15, -0.1) is 0 Å². The second-order valence-corrected chi connectivity index (χ2v) is 6.24. The van der Waals surface area contributed by atoms with Gasteiger partial charge < -0.3 is 9.64 Å². The van der Waals surface area contributed by atoms with E-state index in [1.54, 1.807) is 11.8 Å². The normalized spacial score (nSPS) is 32.9. The lowest BCUT2D eigenvalue weighted by molar-refractivity contribution is -0.152. The Morgan fingerprint density at radius 2 is 1.96 bits per heavy atom. The third-order valence-corrected chi connectivity index (χ3v) is 4.97. The summed E-state index contributed by atoms with van der Waals surface area (Å²) in [5.74, 6) is -2.92. The van der Waals surface area contributed by atoms with Gasteiger partial charge in [0.1, 0.15) is 5.54 Å². The summed E-state index contributed by atoms with van der Waals surface area (Å²) in [5, 5.41) is 3.08. The highest BCUT2D eigenvalue weighted by Gasteiger charge is 2.66. The smallest absolute Gasteiger partial charge is 0.326 e. The molecule has 2 fully saturated rings. The number of carbonyl (C=O) groups excluding carboxylic acids is 4. The molecule has 128 valence electrons. The Morgan fingerprint density at radius 3 is 2.43 bits per heavy atom. The Hall–Kier alpha value is -1.96. The topological polar surface area (TPSA) is 96.0 Å². The van der Waals surface area contributed by atoms with E-state index in [0.717, 1.165) is 4.90 Å². The first kappa shape index (κ1) is 17.4. The number of likely N-dealkylation sites (N-methyl/N-ethyl adjacent to an activating group) is 1. The van der Waals surface area contributed by atoms with E-state index in [1.165, 1.54) is 21.1 Å². The van der Waals surface area contributed by atoms with Gasteiger partial charge in [-0.25, -0.2) is 0 Å². The van der Waals surface area contributed by atoms with Crippen LogP contribution in [0, 0.1) is 11.8 Å². The van der Waals surface area contributed by atoms with Gasteiger partial charge in [0.25, 0.3) is 0 Å². The van der Waals surface area contributed by atoms with Gasteiger partial charge in [-0.3, -0.25) is 29.4 Å². The predicted molar refractivity (Wildman–Crippen MR) is 80.0 cm³/mol. The fourth-order valence-corrected chi connectivity index (χ4v) is 3.69. The maximum Gasteiger partial charge on any atom is 0.326 e. The second-order valence-electron chi connectivity index (χ2n) is 6.24. The Labute approximate surface area is 135 Å². The van der Waals surface area contributed by atoms with Crippen molar-refractivity contribution in [2.24, 2.45) is 11.8 Å². The van der Waals surface area contributed by atoms with Crippen molar-refractivity contribution in [3.8, 4) is 0 Å². The monoisotopic (exact) mass is 325 g/mol. The molecule has 2 saturated heterocycles. The van der Waals surface area contributed by atoms with Crippen molar-refractivity contribution in [1.82, 2.24) is 15.1 Å². The van der Waals surface area contributed by atoms with Gasteiger partial charge in [0.2, 0.25) is 17.7 Å². The molecule has 8 heteroatoms. The van der Waals surface area contributed by atoms with Crippen LogP contribution in [-0.4, -0.2) is 72.3 Å². The lowest BCUT2D eigenvalue weighted by Gasteiger charge is -2.29. The first-order chi connectivity index (χ1) is 10.7. The van der Waals surface area contributed by atoms with Crippen LogP contribution >= 0.6 is 0 Å². The summed E-state index contributed by atoms with van der Waals surface area (Å²) in [6.07, 6.45) is 0. The van der Waals surface area contributed by atoms with E-state index in [9.17, 15) is 19.2 Å². The van der Waals surface area contributed by atoms with E-state index in [0.29, 0.717) is 6.54 Å². The minimum Gasteiger partial charge on any atom is -0.468 e. The maximum atomic E-state index is 12.5. The summed E-state index contributed by atoms with van der Waals surface area (Å²) >= 11 is 0. The number of hydrogen-bond acceptors (Lipinski definition) is 6. The van der Waals surface area contributed by atoms with Crippen LogP contribution in [0.15, 0.2) is 0 Å². The van der Waals surface area contributed by atoms with Crippen molar-refractivity contribution in [3.63, 3.8) is 0 Å². The lowest BCUT2D eigenvalue weighted by Crippen LogP contribution is -2.56. The molecule has 0 radical (unpaired) electrons. The van der Waals surface area contributed by atoms with Crippen LogP contribution in [0.5, 0.6) is 0 Å². The Kier molecular flexibility index (Phi) is 4.48. The number of amides is 3. The zero-order valence-electron chi connectivity index (χ0n) is 14.1. The number of carbonyl (C=O) groups is 4. The number of imide groups is 1. The molecule has 0 aromatic carbocycles. The predicted octanol–water partition coefficient (Wildman–Crippen LogP) is -1.01. The van der Waals surface area contributed by atoms with Crippen molar-refractivity contribution in [2.75, 3.05) is 27.2 Å². The molecule has 0 spiro atoms. The van der Waals surface area contributed by atoms with Crippen LogP contribution < -0.4 is 5.32 Å². The second kappa shape index (κ2) is 5.92. The Morgan fingerprint density at radius 1 is 1.35 bits per heavy atom. The molecule has 2 heterocycles. The van der Waals surface area contributed by atoms with E-state index in [4.69, 9.17) is 4.74 Å². The molecule has 4 atom stereocenters. The third-order valence-electron chi connectivity index (χ3n) is 4.97. The zero-order valence-corrected chi connectivity index (χ0v) is 14.1. The molecule has 8 nitrogen and oxygen atoms in total. The lowest BCUT2D eigenvalue weighted by atomic mass is 9.81. The SMILES string of the molecule is CCN(C[C@H]1N[C@@](C)(C(=O)OC)[C@H]2C(=O)N(C)C(=O)[C@@H]12)C(C)=O. The average molecular weight is 325 g/mol. The average Bonchev–Trinajstić information content (AvgIpc) is 2.93. The van der Waals surface area contributed by atoms with Crippen LogP contribution in [0.25, 0.3) is 0 Å². The molecule has 0 saturated carbocycles. The third kappa shape index (κ3) is 2.50. The molecule has 2 aliphatic rings. The number of hydrogen-bond donors (Lipinski definition) is 1. The number of nitrogens with one attached hydrogen (secondary N) is 1. The highest BCUT2D eigenvalue weighted by Crippen LogP contribution is 2.42. The molecule has 0 aromatic rings. The number of rotatable bonds is 4. The molecule has 1 N–H and O–H groups in total. The first-order valence-corrected chi connectivity index (χ1v) is 7.62. The summed E-state index contributed by atoms with van der Waals surface area (Å²) in [6, 6.07) is -0.477. The highest BCUT2D eigenvalue weighted by molar-refractivity contribution is 6.09. The molecule has 0 bridgehead atoms. The number of nitrogens with zero attached hydrogens (tertiary/aromatic N) is 2. The maximum absolute atomic E-state index is 12.5. The quantitative estimate of drug-likeness (QED) is 0.525. The molecule has 2 rings (SSSR count). The van der Waals surface area contributed by atoms with Gasteiger partial charge in [0, 0.05) is 33.1 Å². The molecule has 2 aliphatic heterocycles. The van der Waals surface area contributed by atoms with Gasteiger partial charge in [0.05, 0.1) is 18.9 Å². The number of ether oxygens (including phenoxy) is 1. The number of methoxy groups -OCH3 is 1. The van der Waals surface area contributed by atoms with Crippen molar-refractivity contribution in [2.45, 2.75) is 32.4 Å². The summed E-state index contributed by atoms with van der Waals surface area (Å²) < 4.78 is 4.83. The summed E-state index contributed by atoms with van der Waals surface area (Å²) in [4.78, 5) is 51.4. The van der Waals surface area contributed by atoms with E-state index < -0.39 is 35.3 Å². The van der Waals surface area contributed by atoms with Crippen molar-refractivity contribution >= 4 is 23.7 Å². The van der Waals surface area contributed by atoms with Gasteiger partial charge in [0.15, 0.2) is 0 Å². The van der Waals surface area contributed by atoms with Crippen LogP contribution in [-0.2, 0) is 23.9 Å². The van der Waals surface area contributed by atoms with E-state index in [-0.39, 0.29) is 18.4 Å². The molecular formula is C15H23N3O5. The molecule has 0 aliphatic carbocycles. The number of fused-ring (bicyclic) bond motifs is 1. The van der Waals surface area contributed by atoms with Gasteiger partial charge in [-0.2, -0.15) is 0 Å². The fourth-order valence-electron chi connectivity index (χ4n) is 3.69. The van der Waals surface area contributed by atoms with Crippen LogP contribution in [0.3, 0.4) is 0 Å². The van der Waals surface area contributed by atoms with Gasteiger partial charge >= 0.3 is 5.97 Å². The zero-order chi connectivity index (χ0) is 17.5. The highest BCUT2D eigenvalue weighted by atomic mass is 16.5. The Balaban J connectivity index is 2.39. The van der Waals surface area contributed by atoms with Gasteiger partial charge in [-0.05, 0) is 13.8 Å². The van der Waals surface area contributed by atoms with E-state index in [2.05, 4.69) is 5.32 Å². The van der Waals surface area contributed by atoms with Crippen LogP contribution in [0.1, 0.15) is 20.8 Å². The van der Waals surface area contributed by atoms with Crippen molar-refractivity contribution < 1.29 is 23.9 Å². The minimum atomic E-state index is -1.28. The Bertz CT molecular complexity index is 563. The standard InChI is InChI=1S/C15H23N3O5/c1-6-18(8(2)19)7-9-10-11(13(21)17(4)12(10)20)15(3,16-9)14(22)23-5/h9-11,16H,6-7H2,1-5H3/t9-,10+,11-,15-/m1/s1. The molecular weight excluding hydrogens is 302 g/mol. The van der Waals surface area contributed by atoms with Gasteiger partial charge in [-0.1, -0.05) is 0 Å². The summed E-state index contributed by atoms with van der Waals surface area (Å²) in [7, 11) is 2.66. The van der Waals surface area contributed by atoms with Crippen LogP contribution in [0.4, 0.5) is 0 Å². The molecule has 3 amide bonds.